The Morgan fingerprint density at radius 1 is 0.517 bits per heavy atom. The average molecular weight is 418 g/mol. The summed E-state index contributed by atoms with van der Waals surface area (Å²) < 4.78 is 105. The number of alkyl halides is 6. The summed E-state index contributed by atoms with van der Waals surface area (Å²) in [6.07, 6.45) is -9.92. The molecule has 0 aliphatic heterocycles. The molecule has 0 unspecified atom stereocenters. The number of hydrogen-bond acceptors (Lipinski definition) is 1. The number of rotatable bonds is 2. The highest BCUT2D eigenvalue weighted by Crippen LogP contribution is 2.38. The van der Waals surface area contributed by atoms with Crippen LogP contribution >= 0.6 is 0 Å². The van der Waals surface area contributed by atoms with Crippen molar-refractivity contribution in [3.63, 3.8) is 0 Å². The molecule has 0 aromatic heterocycles. The second-order valence-corrected chi connectivity index (χ2v) is 6.15. The van der Waals surface area contributed by atoms with Crippen LogP contribution in [-0.4, -0.2) is 5.11 Å². The molecule has 0 saturated carbocycles. The molecule has 0 aliphatic rings. The van der Waals surface area contributed by atoms with Crippen molar-refractivity contribution in [3.8, 4) is 28.0 Å². The topological polar surface area (TPSA) is 20.2 Å². The van der Waals surface area contributed by atoms with Crippen LogP contribution < -0.4 is 0 Å². The summed E-state index contributed by atoms with van der Waals surface area (Å²) in [7, 11) is 0. The highest BCUT2D eigenvalue weighted by atomic mass is 19.4. The lowest BCUT2D eigenvalue weighted by Crippen LogP contribution is -2.08. The minimum absolute atomic E-state index is 0.00313. The lowest BCUT2D eigenvalue weighted by atomic mass is 9.96. The Morgan fingerprint density at radius 2 is 0.897 bits per heavy atom. The fourth-order valence-corrected chi connectivity index (χ4v) is 2.79. The summed E-state index contributed by atoms with van der Waals surface area (Å²) in [6, 6.07) is 7.68. The van der Waals surface area contributed by atoms with Crippen molar-refractivity contribution < 1.29 is 40.2 Å². The molecular formula is C20H10F8O. The average Bonchev–Trinajstić information content (AvgIpc) is 2.60. The number of halogens is 8. The second kappa shape index (κ2) is 7.06. The van der Waals surface area contributed by atoms with E-state index in [9.17, 15) is 40.2 Å². The third kappa shape index (κ3) is 4.33. The first-order valence-electron chi connectivity index (χ1n) is 7.94. The van der Waals surface area contributed by atoms with E-state index >= 15 is 0 Å². The molecule has 29 heavy (non-hydrogen) atoms. The predicted molar refractivity (Wildman–Crippen MR) is 88.9 cm³/mol. The van der Waals surface area contributed by atoms with E-state index in [1.165, 1.54) is 6.07 Å². The van der Waals surface area contributed by atoms with Crippen LogP contribution in [0.4, 0.5) is 35.1 Å². The number of phenolic OH excluding ortho intramolecular Hbond substituents is 1. The number of hydrogen-bond donors (Lipinski definition) is 1. The van der Waals surface area contributed by atoms with Gasteiger partial charge in [0.1, 0.15) is 17.4 Å². The van der Waals surface area contributed by atoms with Gasteiger partial charge in [0.15, 0.2) is 0 Å². The first-order valence-corrected chi connectivity index (χ1v) is 7.94. The zero-order valence-electron chi connectivity index (χ0n) is 14.2. The van der Waals surface area contributed by atoms with Crippen molar-refractivity contribution in [3.05, 3.63) is 77.4 Å². The van der Waals surface area contributed by atoms with Crippen LogP contribution in [0, 0.1) is 11.6 Å². The van der Waals surface area contributed by atoms with Gasteiger partial charge in [-0.3, -0.25) is 0 Å². The van der Waals surface area contributed by atoms with E-state index < -0.39 is 40.9 Å². The highest BCUT2D eigenvalue weighted by molar-refractivity contribution is 5.75. The Bertz CT molecular complexity index is 985. The molecule has 152 valence electrons. The van der Waals surface area contributed by atoms with Crippen molar-refractivity contribution in [1.82, 2.24) is 0 Å². The summed E-state index contributed by atoms with van der Waals surface area (Å²) >= 11 is 0. The quantitative estimate of drug-likeness (QED) is 0.443. The van der Waals surface area contributed by atoms with Crippen LogP contribution in [0.2, 0.25) is 0 Å². The van der Waals surface area contributed by atoms with Gasteiger partial charge >= 0.3 is 12.4 Å². The molecule has 3 aromatic carbocycles. The molecule has 0 spiro atoms. The monoisotopic (exact) mass is 418 g/mol. The molecule has 0 heterocycles. The van der Waals surface area contributed by atoms with Gasteiger partial charge < -0.3 is 5.11 Å². The van der Waals surface area contributed by atoms with Crippen LogP contribution in [-0.2, 0) is 12.4 Å². The normalized spacial score (nSPS) is 12.3. The standard InChI is InChI=1S/C20H10F8O/c21-17-3-1-10(8-15(17)19(23,24)25)12-5-13(7-14(29)6-12)11-2-4-18(22)16(9-11)20(26,27)28/h1-9,29H. The Balaban J connectivity index is 2.14. The van der Waals surface area contributed by atoms with Gasteiger partial charge in [-0.25, -0.2) is 8.78 Å². The predicted octanol–water partition coefficient (Wildman–Crippen LogP) is 7.04. The van der Waals surface area contributed by atoms with Gasteiger partial charge in [0.05, 0.1) is 11.1 Å². The van der Waals surface area contributed by atoms with Gasteiger partial charge in [-0.1, -0.05) is 12.1 Å². The third-order valence-electron chi connectivity index (χ3n) is 4.13. The fourth-order valence-electron chi connectivity index (χ4n) is 2.79. The lowest BCUT2D eigenvalue weighted by molar-refractivity contribution is -0.140. The SMILES string of the molecule is Oc1cc(-c2ccc(F)c(C(F)(F)F)c2)cc(-c2ccc(F)c(C(F)(F)F)c2)c1. The van der Waals surface area contributed by atoms with E-state index in [4.69, 9.17) is 0 Å². The van der Waals surface area contributed by atoms with Gasteiger partial charge in [0.2, 0.25) is 0 Å². The van der Waals surface area contributed by atoms with Gasteiger partial charge in [0.25, 0.3) is 0 Å². The molecule has 0 aliphatic carbocycles. The van der Waals surface area contributed by atoms with E-state index in [1.54, 1.807) is 0 Å². The third-order valence-corrected chi connectivity index (χ3v) is 4.13. The number of benzene rings is 3. The summed E-state index contributed by atoms with van der Waals surface area (Å²) in [6.45, 7) is 0. The van der Waals surface area contributed by atoms with Gasteiger partial charge in [-0.05, 0) is 64.7 Å². The Morgan fingerprint density at radius 3 is 1.24 bits per heavy atom. The van der Waals surface area contributed by atoms with Crippen molar-refractivity contribution in [1.29, 1.82) is 0 Å². The molecule has 3 aromatic rings. The first kappa shape index (κ1) is 20.6. The number of phenols is 1. The van der Waals surface area contributed by atoms with Crippen molar-refractivity contribution in [2.45, 2.75) is 12.4 Å². The highest BCUT2D eigenvalue weighted by Gasteiger charge is 2.35. The van der Waals surface area contributed by atoms with Crippen LogP contribution in [0.1, 0.15) is 11.1 Å². The molecule has 3 rings (SSSR count). The maximum atomic E-state index is 13.5. The van der Waals surface area contributed by atoms with E-state index in [-0.39, 0.29) is 22.3 Å². The van der Waals surface area contributed by atoms with E-state index in [0.29, 0.717) is 24.3 Å². The first-order chi connectivity index (χ1) is 13.4. The van der Waals surface area contributed by atoms with Gasteiger partial charge in [-0.2, -0.15) is 26.3 Å². The summed E-state index contributed by atoms with van der Waals surface area (Å²) in [5, 5.41) is 9.89. The molecule has 9 heteroatoms. The fraction of sp³-hybridized carbons (Fsp3) is 0.100. The van der Waals surface area contributed by atoms with Crippen LogP contribution in [0.15, 0.2) is 54.6 Å². The maximum absolute atomic E-state index is 13.5. The van der Waals surface area contributed by atoms with Crippen molar-refractivity contribution >= 4 is 0 Å². The Kier molecular flexibility index (Phi) is 5.02. The Labute approximate surface area is 158 Å². The zero-order valence-corrected chi connectivity index (χ0v) is 14.2. The van der Waals surface area contributed by atoms with E-state index in [1.807, 2.05) is 0 Å². The smallest absolute Gasteiger partial charge is 0.419 e. The van der Waals surface area contributed by atoms with E-state index in [2.05, 4.69) is 0 Å². The lowest BCUT2D eigenvalue weighted by Gasteiger charge is -2.13. The van der Waals surface area contributed by atoms with Crippen LogP contribution in [0.3, 0.4) is 0 Å². The van der Waals surface area contributed by atoms with E-state index in [0.717, 1.165) is 24.3 Å². The minimum atomic E-state index is -4.96. The summed E-state index contributed by atoms with van der Waals surface area (Å²) in [4.78, 5) is 0. The largest absolute Gasteiger partial charge is 0.508 e. The van der Waals surface area contributed by atoms with Crippen molar-refractivity contribution in [2.75, 3.05) is 0 Å². The second-order valence-electron chi connectivity index (χ2n) is 6.15. The molecule has 0 radical (unpaired) electrons. The maximum Gasteiger partial charge on any atom is 0.419 e. The molecule has 0 bridgehead atoms. The van der Waals surface area contributed by atoms with Gasteiger partial charge in [-0.15, -0.1) is 0 Å². The molecular weight excluding hydrogens is 408 g/mol. The van der Waals surface area contributed by atoms with Crippen LogP contribution in [0.25, 0.3) is 22.3 Å². The molecule has 0 saturated heterocycles. The zero-order chi connectivity index (χ0) is 21.6. The van der Waals surface area contributed by atoms with Gasteiger partial charge in [0, 0.05) is 0 Å². The molecule has 0 fully saturated rings. The summed E-state index contributed by atoms with van der Waals surface area (Å²) in [5.41, 5.74) is -3.28. The van der Waals surface area contributed by atoms with Crippen LogP contribution in [0.5, 0.6) is 5.75 Å². The molecule has 0 atom stereocenters. The molecule has 1 nitrogen and oxygen atoms in total. The molecule has 1 N–H and O–H groups in total. The minimum Gasteiger partial charge on any atom is -0.508 e. The molecule has 0 amide bonds. The van der Waals surface area contributed by atoms with Crippen molar-refractivity contribution in [2.24, 2.45) is 0 Å². The Hall–Kier alpha value is -3.10. The summed E-state index contributed by atoms with van der Waals surface area (Å²) in [5.74, 6) is -3.43. The number of aromatic hydroxyl groups is 1.